The molecule has 2 atom stereocenters. The number of halogens is 1. The molecule has 184 valence electrons. The maximum Gasteiger partial charge on any atom is 0.221 e. The van der Waals surface area contributed by atoms with Gasteiger partial charge in [0.1, 0.15) is 6.10 Å². The third-order valence-corrected chi connectivity index (χ3v) is 8.58. The predicted molar refractivity (Wildman–Crippen MR) is 133 cm³/mol. The number of nitrogens with zero attached hydrogens (tertiary/aromatic N) is 2. The van der Waals surface area contributed by atoms with Crippen LogP contribution < -0.4 is 10.1 Å². The molecule has 1 saturated heterocycles. The number of nitrogens with one attached hydrogen (secondary N) is 1. The zero-order valence-corrected chi connectivity index (χ0v) is 20.4. The summed E-state index contributed by atoms with van der Waals surface area (Å²) in [7, 11) is -1.11. The molecule has 1 amide bonds. The molecule has 2 aliphatic rings. The lowest BCUT2D eigenvalue weighted by Gasteiger charge is -2.22. The van der Waals surface area contributed by atoms with E-state index in [4.69, 9.17) is 4.74 Å². The Kier molecular flexibility index (Phi) is 6.46. The lowest BCUT2D eigenvalue weighted by molar-refractivity contribution is -0.121. The van der Waals surface area contributed by atoms with Crippen molar-refractivity contribution in [3.05, 3.63) is 60.0 Å². The molecule has 3 heterocycles. The lowest BCUT2D eigenvalue weighted by Crippen LogP contribution is -2.38. The molecule has 2 aliphatic heterocycles. The molecule has 35 heavy (non-hydrogen) atoms. The van der Waals surface area contributed by atoms with Crippen LogP contribution in [-0.2, 0) is 21.1 Å². The van der Waals surface area contributed by atoms with Crippen LogP contribution >= 0.6 is 0 Å². The van der Waals surface area contributed by atoms with Gasteiger partial charge in [0.2, 0.25) is 5.91 Å². The zero-order valence-electron chi connectivity index (χ0n) is 19.5. The Balaban J connectivity index is 1.16. The van der Waals surface area contributed by atoms with Crippen LogP contribution in [-0.4, -0.2) is 68.0 Å². The zero-order chi connectivity index (χ0) is 24.6. The Morgan fingerprint density at radius 2 is 2.06 bits per heavy atom. The van der Waals surface area contributed by atoms with Crippen LogP contribution in [0.3, 0.4) is 0 Å². The number of amides is 1. The summed E-state index contributed by atoms with van der Waals surface area (Å²) < 4.78 is 44.0. The van der Waals surface area contributed by atoms with E-state index < -0.39 is 15.7 Å². The molecule has 0 unspecified atom stereocenters. The maximum absolute atomic E-state index is 14.9. The predicted octanol–water partition coefficient (Wildman–Crippen LogP) is 2.97. The summed E-state index contributed by atoms with van der Waals surface area (Å²) in [6, 6.07) is 13.1. The summed E-state index contributed by atoms with van der Waals surface area (Å²) in [4.78, 5) is 18.7. The third-order valence-electron chi connectivity index (χ3n) is 6.83. The number of carbonyl (C=O) groups is 1. The number of fused-ring (bicyclic) bond motifs is 2. The highest BCUT2D eigenvalue weighted by atomic mass is 32.2. The van der Waals surface area contributed by atoms with Crippen LogP contribution in [0.2, 0.25) is 0 Å². The average Bonchev–Trinajstić information content (AvgIpc) is 3.43. The molecule has 7 nitrogen and oxygen atoms in total. The van der Waals surface area contributed by atoms with Crippen LogP contribution in [0.5, 0.6) is 5.75 Å². The fraction of sp³-hybridized carbons (Fsp3) is 0.385. The van der Waals surface area contributed by atoms with Gasteiger partial charge in [-0.2, -0.15) is 0 Å². The van der Waals surface area contributed by atoms with Gasteiger partial charge in [0, 0.05) is 48.1 Å². The smallest absolute Gasteiger partial charge is 0.221 e. The van der Waals surface area contributed by atoms with E-state index in [-0.39, 0.29) is 48.3 Å². The molecule has 0 aliphatic carbocycles. The van der Waals surface area contributed by atoms with Crippen molar-refractivity contribution in [3.8, 4) is 16.9 Å². The van der Waals surface area contributed by atoms with Gasteiger partial charge in [-0.25, -0.2) is 12.8 Å². The van der Waals surface area contributed by atoms with Gasteiger partial charge in [0.05, 0.1) is 23.6 Å². The molecule has 1 fully saturated rings. The van der Waals surface area contributed by atoms with Crippen LogP contribution in [0, 0.1) is 5.82 Å². The number of para-hydroxylation sites is 1. The summed E-state index contributed by atoms with van der Waals surface area (Å²) in [5, 5.41) is 3.86. The first-order valence-electron chi connectivity index (χ1n) is 11.8. The van der Waals surface area contributed by atoms with E-state index in [0.717, 1.165) is 27.6 Å². The van der Waals surface area contributed by atoms with Gasteiger partial charge < -0.3 is 15.0 Å². The van der Waals surface area contributed by atoms with E-state index in [1.165, 1.54) is 6.07 Å². The summed E-state index contributed by atoms with van der Waals surface area (Å²) in [5.41, 5.74) is 3.23. The standard InChI is InChI=1S/C26H28FN3O4S/c1-30(21-7-9-35(32,33)16-21)8-6-25(31)29-15-22-12-19-11-18(13-23(27)26(19)34-22)20-10-17-4-2-3-5-24(17)28-14-20/h2-5,10-11,13-14,21-22H,6-9,12,15-16H2,1H3,(H,29,31)/t21-,22-/m0/s1. The SMILES string of the molecule is CN(CCC(=O)NC[C@@H]1Cc2cc(-c3cnc4ccccc4c3)cc(F)c2O1)[C@H]1CCS(=O)(=O)C1. The molecule has 1 N–H and O–H groups in total. The van der Waals surface area contributed by atoms with E-state index in [0.29, 0.717) is 19.4 Å². The molecule has 0 bridgehead atoms. The van der Waals surface area contributed by atoms with E-state index in [1.54, 1.807) is 6.20 Å². The van der Waals surface area contributed by atoms with Crippen LogP contribution in [0.25, 0.3) is 22.0 Å². The first-order chi connectivity index (χ1) is 16.8. The van der Waals surface area contributed by atoms with Crippen LogP contribution in [0.15, 0.2) is 48.7 Å². The summed E-state index contributed by atoms with van der Waals surface area (Å²) in [6.07, 6.45) is 2.78. The molecule has 2 aromatic carbocycles. The van der Waals surface area contributed by atoms with Crippen LogP contribution in [0.4, 0.5) is 4.39 Å². The number of carbonyl (C=O) groups excluding carboxylic acids is 1. The highest BCUT2D eigenvalue weighted by Crippen LogP contribution is 2.36. The minimum absolute atomic E-state index is 0.0320. The molecule has 1 aromatic heterocycles. The number of rotatable bonds is 7. The Morgan fingerprint density at radius 3 is 2.86 bits per heavy atom. The highest BCUT2D eigenvalue weighted by molar-refractivity contribution is 7.91. The fourth-order valence-electron chi connectivity index (χ4n) is 4.80. The second kappa shape index (κ2) is 9.54. The van der Waals surface area contributed by atoms with Crippen LogP contribution in [0.1, 0.15) is 18.4 Å². The van der Waals surface area contributed by atoms with Crippen molar-refractivity contribution in [3.63, 3.8) is 0 Å². The molecular formula is C26H28FN3O4S. The molecule has 0 radical (unpaired) electrons. The summed E-state index contributed by atoms with van der Waals surface area (Å²) >= 11 is 0. The topological polar surface area (TPSA) is 88.6 Å². The van der Waals surface area contributed by atoms with Crippen molar-refractivity contribution in [1.82, 2.24) is 15.2 Å². The van der Waals surface area contributed by atoms with Crippen molar-refractivity contribution in [2.24, 2.45) is 0 Å². The quantitative estimate of drug-likeness (QED) is 0.540. The first kappa shape index (κ1) is 23.7. The van der Waals surface area contributed by atoms with Crippen molar-refractivity contribution in [2.75, 3.05) is 31.6 Å². The van der Waals surface area contributed by atoms with E-state index in [1.807, 2.05) is 48.3 Å². The van der Waals surface area contributed by atoms with Crippen molar-refractivity contribution in [1.29, 1.82) is 0 Å². The molecule has 3 aromatic rings. The fourth-order valence-corrected chi connectivity index (χ4v) is 6.60. The Bertz CT molecular complexity index is 1380. The minimum Gasteiger partial charge on any atom is -0.485 e. The molecular weight excluding hydrogens is 469 g/mol. The van der Waals surface area contributed by atoms with Gasteiger partial charge in [0.15, 0.2) is 21.4 Å². The molecule has 0 spiro atoms. The summed E-state index contributed by atoms with van der Waals surface area (Å²) in [5.74, 6) is 0.0446. The van der Waals surface area contributed by atoms with E-state index in [2.05, 4.69) is 10.3 Å². The Labute approximate surface area is 204 Å². The van der Waals surface area contributed by atoms with Gasteiger partial charge in [-0.1, -0.05) is 18.2 Å². The van der Waals surface area contributed by atoms with E-state index in [9.17, 15) is 17.6 Å². The number of hydrogen-bond acceptors (Lipinski definition) is 6. The van der Waals surface area contributed by atoms with Gasteiger partial charge in [0.25, 0.3) is 0 Å². The Morgan fingerprint density at radius 1 is 1.23 bits per heavy atom. The van der Waals surface area contributed by atoms with E-state index >= 15 is 0 Å². The van der Waals surface area contributed by atoms with Crippen molar-refractivity contribution in [2.45, 2.75) is 31.4 Å². The number of sulfone groups is 1. The highest BCUT2D eigenvalue weighted by Gasteiger charge is 2.31. The maximum atomic E-state index is 14.9. The second-order valence-corrected chi connectivity index (χ2v) is 11.6. The number of hydrogen-bond donors (Lipinski definition) is 1. The normalized spacial score (nSPS) is 20.7. The first-order valence-corrected chi connectivity index (χ1v) is 13.6. The van der Waals surface area contributed by atoms with Gasteiger partial charge >= 0.3 is 0 Å². The average molecular weight is 498 g/mol. The minimum atomic E-state index is -2.95. The molecule has 5 rings (SSSR count). The molecule has 9 heteroatoms. The summed E-state index contributed by atoms with van der Waals surface area (Å²) in [6.45, 7) is 0.761. The largest absolute Gasteiger partial charge is 0.485 e. The number of aromatic nitrogens is 1. The van der Waals surface area contributed by atoms with Gasteiger partial charge in [-0.15, -0.1) is 0 Å². The lowest BCUT2D eigenvalue weighted by atomic mass is 10.0. The number of benzene rings is 2. The number of ether oxygens (including phenoxy) is 1. The van der Waals surface area contributed by atoms with Crippen molar-refractivity contribution < 1.29 is 22.3 Å². The van der Waals surface area contributed by atoms with Crippen molar-refractivity contribution >= 4 is 26.6 Å². The van der Waals surface area contributed by atoms with Gasteiger partial charge in [-0.05, 0) is 43.3 Å². The monoisotopic (exact) mass is 497 g/mol. The second-order valence-electron chi connectivity index (χ2n) is 9.40. The third kappa shape index (κ3) is 5.31. The number of pyridine rings is 1. The Hall–Kier alpha value is -3.04. The molecule has 0 saturated carbocycles. The van der Waals surface area contributed by atoms with Gasteiger partial charge in [-0.3, -0.25) is 9.78 Å².